The number of phenolic OH excluding ortho intramolecular Hbond substituents is 1. The summed E-state index contributed by atoms with van der Waals surface area (Å²) in [7, 11) is 0. The van der Waals surface area contributed by atoms with Gasteiger partial charge in [0.1, 0.15) is 11.4 Å². The molecule has 2 aromatic carbocycles. The van der Waals surface area contributed by atoms with Gasteiger partial charge in [-0.15, -0.1) is 0 Å². The van der Waals surface area contributed by atoms with E-state index in [9.17, 15) is 24.6 Å². The van der Waals surface area contributed by atoms with Crippen LogP contribution in [0.2, 0.25) is 5.02 Å². The normalized spacial score (nSPS) is 27.4. The summed E-state index contributed by atoms with van der Waals surface area (Å²) in [6, 6.07) is 6.77. The van der Waals surface area contributed by atoms with Crippen molar-refractivity contribution in [3.8, 4) is 5.75 Å². The van der Waals surface area contributed by atoms with Crippen molar-refractivity contribution in [2.75, 3.05) is 5.33 Å². The lowest BCUT2D eigenvalue weighted by Crippen LogP contribution is -2.51. The van der Waals surface area contributed by atoms with Gasteiger partial charge in [0, 0.05) is 22.6 Å². The fourth-order valence-electron chi connectivity index (χ4n) is 4.39. The third-order valence-corrected chi connectivity index (χ3v) is 6.75. The molecule has 0 radical (unpaired) electrons. The van der Waals surface area contributed by atoms with E-state index < -0.39 is 29.0 Å². The quantitative estimate of drug-likeness (QED) is 0.680. The number of halogens is 2. The lowest BCUT2D eigenvalue weighted by atomic mass is 9.62. The predicted molar refractivity (Wildman–Crippen MR) is 104 cm³/mol. The Bertz CT molecular complexity index is 1020. The molecule has 0 heterocycles. The van der Waals surface area contributed by atoms with Crippen molar-refractivity contribution in [3.05, 3.63) is 40.4 Å². The van der Waals surface area contributed by atoms with Crippen LogP contribution in [0.25, 0.3) is 10.8 Å². The Kier molecular flexibility index (Phi) is 4.41. The standard InChI is InChI=1S/C20H16BrClO5/c21-8-13(23)20(27)6-5-11-12(7-20)19(26)14-15(18(11)25)17(24)10-4-2-1-3-9(10)16(14)22/h1-4,11-12,24,27H,5-8H2/t11-,12-,20+/m0/s1. The van der Waals surface area contributed by atoms with Crippen LogP contribution in [0, 0.1) is 11.8 Å². The van der Waals surface area contributed by atoms with Crippen LogP contribution in [0.3, 0.4) is 0 Å². The van der Waals surface area contributed by atoms with Gasteiger partial charge in [-0.3, -0.25) is 14.4 Å². The van der Waals surface area contributed by atoms with Gasteiger partial charge in [-0.2, -0.15) is 0 Å². The SMILES string of the molecule is O=C1c2c(c(Cl)c3ccccc3c2O)C(=O)[C@H]2C[C@@](O)(C(=O)CBr)CC[C@H]12. The van der Waals surface area contributed by atoms with Gasteiger partial charge < -0.3 is 10.2 Å². The summed E-state index contributed by atoms with van der Waals surface area (Å²) in [5.41, 5.74) is -1.68. The molecule has 2 aliphatic carbocycles. The Morgan fingerprint density at radius 1 is 1.15 bits per heavy atom. The number of rotatable bonds is 2. The van der Waals surface area contributed by atoms with Crippen LogP contribution < -0.4 is 0 Å². The monoisotopic (exact) mass is 450 g/mol. The van der Waals surface area contributed by atoms with Crippen molar-refractivity contribution in [2.45, 2.75) is 24.9 Å². The highest BCUT2D eigenvalue weighted by atomic mass is 79.9. The smallest absolute Gasteiger partial charge is 0.174 e. The molecule has 2 aromatic rings. The second-order valence-electron chi connectivity index (χ2n) is 7.23. The van der Waals surface area contributed by atoms with Crippen molar-refractivity contribution in [2.24, 2.45) is 11.8 Å². The van der Waals surface area contributed by atoms with Crippen molar-refractivity contribution in [1.82, 2.24) is 0 Å². The second-order valence-corrected chi connectivity index (χ2v) is 8.17. The minimum atomic E-state index is -1.64. The van der Waals surface area contributed by atoms with E-state index in [1.54, 1.807) is 24.3 Å². The van der Waals surface area contributed by atoms with Gasteiger partial charge in [-0.05, 0) is 19.3 Å². The maximum absolute atomic E-state index is 13.2. The zero-order valence-corrected chi connectivity index (χ0v) is 16.5. The molecule has 0 amide bonds. The number of ketones is 3. The molecule has 0 bridgehead atoms. The molecule has 140 valence electrons. The fraction of sp³-hybridized carbons (Fsp3) is 0.350. The number of carbonyl (C=O) groups excluding carboxylic acids is 3. The summed E-state index contributed by atoms with van der Waals surface area (Å²) in [4.78, 5) is 38.5. The van der Waals surface area contributed by atoms with E-state index in [4.69, 9.17) is 11.6 Å². The summed E-state index contributed by atoms with van der Waals surface area (Å²) in [6.45, 7) is 0. The van der Waals surface area contributed by atoms with Gasteiger partial charge in [0.25, 0.3) is 0 Å². The zero-order valence-electron chi connectivity index (χ0n) is 14.2. The number of aromatic hydroxyl groups is 1. The van der Waals surface area contributed by atoms with E-state index in [1.165, 1.54) is 0 Å². The van der Waals surface area contributed by atoms with Crippen molar-refractivity contribution in [3.63, 3.8) is 0 Å². The number of hydrogen-bond acceptors (Lipinski definition) is 5. The molecule has 2 N–H and O–H groups in total. The fourth-order valence-corrected chi connectivity index (χ4v) is 5.27. The maximum atomic E-state index is 13.2. The van der Waals surface area contributed by atoms with Crippen LogP contribution in [0.5, 0.6) is 5.75 Å². The summed E-state index contributed by atoms with van der Waals surface area (Å²) in [5.74, 6) is -2.89. The highest BCUT2D eigenvalue weighted by Gasteiger charge is 2.52. The lowest BCUT2D eigenvalue weighted by Gasteiger charge is -2.41. The zero-order chi connectivity index (χ0) is 19.5. The number of fused-ring (bicyclic) bond motifs is 3. The molecule has 2 aliphatic rings. The Balaban J connectivity index is 1.90. The van der Waals surface area contributed by atoms with Gasteiger partial charge in [-0.1, -0.05) is 51.8 Å². The molecule has 3 atom stereocenters. The number of aliphatic hydroxyl groups is 1. The van der Waals surface area contributed by atoms with Crippen LogP contribution in [0.1, 0.15) is 40.0 Å². The van der Waals surface area contributed by atoms with Gasteiger partial charge in [0.2, 0.25) is 0 Å². The first kappa shape index (κ1) is 18.6. The number of Topliss-reactive ketones (excluding diaryl/α,β-unsaturated/α-hetero) is 3. The van der Waals surface area contributed by atoms with Crippen LogP contribution in [-0.4, -0.2) is 38.5 Å². The van der Waals surface area contributed by atoms with E-state index in [-0.39, 0.29) is 52.3 Å². The highest BCUT2D eigenvalue weighted by molar-refractivity contribution is 9.09. The Morgan fingerprint density at radius 3 is 2.44 bits per heavy atom. The van der Waals surface area contributed by atoms with Crippen LogP contribution in [0.15, 0.2) is 24.3 Å². The number of alkyl halides is 1. The molecule has 5 nitrogen and oxygen atoms in total. The minimum absolute atomic E-state index is 0.00495. The van der Waals surface area contributed by atoms with E-state index in [0.29, 0.717) is 10.8 Å². The number of benzene rings is 2. The molecule has 7 heteroatoms. The molecular formula is C20H16BrClO5. The van der Waals surface area contributed by atoms with Crippen LogP contribution in [0.4, 0.5) is 0 Å². The van der Waals surface area contributed by atoms with E-state index in [0.717, 1.165) is 0 Å². The van der Waals surface area contributed by atoms with E-state index in [2.05, 4.69) is 15.9 Å². The Hall–Kier alpha value is -1.76. The summed E-state index contributed by atoms with van der Waals surface area (Å²) in [5, 5.41) is 22.4. The lowest BCUT2D eigenvalue weighted by molar-refractivity contribution is -0.139. The molecule has 1 saturated carbocycles. The van der Waals surface area contributed by atoms with Crippen molar-refractivity contribution in [1.29, 1.82) is 0 Å². The van der Waals surface area contributed by atoms with Gasteiger partial charge in [-0.25, -0.2) is 0 Å². The van der Waals surface area contributed by atoms with Crippen molar-refractivity contribution < 1.29 is 24.6 Å². The highest BCUT2D eigenvalue weighted by Crippen LogP contribution is 2.49. The van der Waals surface area contributed by atoms with Crippen LogP contribution in [-0.2, 0) is 4.79 Å². The van der Waals surface area contributed by atoms with Gasteiger partial charge >= 0.3 is 0 Å². The first-order valence-corrected chi connectivity index (χ1v) is 10.1. The third kappa shape index (κ3) is 2.57. The first-order chi connectivity index (χ1) is 12.8. The molecule has 27 heavy (non-hydrogen) atoms. The minimum Gasteiger partial charge on any atom is -0.507 e. The molecule has 0 unspecified atom stereocenters. The van der Waals surface area contributed by atoms with Gasteiger partial charge in [0.15, 0.2) is 17.3 Å². The first-order valence-electron chi connectivity index (χ1n) is 8.63. The third-order valence-electron chi connectivity index (χ3n) is 5.84. The summed E-state index contributed by atoms with van der Waals surface area (Å²) < 4.78 is 0. The Labute approximate surface area is 168 Å². The summed E-state index contributed by atoms with van der Waals surface area (Å²) in [6.07, 6.45) is 0.193. The van der Waals surface area contributed by atoms with Gasteiger partial charge in [0.05, 0.1) is 21.5 Å². The molecule has 0 saturated heterocycles. The molecule has 1 fully saturated rings. The molecule has 0 aliphatic heterocycles. The number of phenols is 1. The largest absolute Gasteiger partial charge is 0.507 e. The Morgan fingerprint density at radius 2 is 1.78 bits per heavy atom. The topological polar surface area (TPSA) is 91.7 Å². The average Bonchev–Trinajstić information content (AvgIpc) is 2.68. The van der Waals surface area contributed by atoms with Crippen molar-refractivity contribution >= 4 is 55.7 Å². The molecule has 4 rings (SSSR count). The maximum Gasteiger partial charge on any atom is 0.174 e. The molecular weight excluding hydrogens is 436 g/mol. The number of hydrogen-bond donors (Lipinski definition) is 2. The summed E-state index contributed by atoms with van der Waals surface area (Å²) >= 11 is 9.52. The number of carbonyl (C=O) groups is 3. The van der Waals surface area contributed by atoms with Crippen LogP contribution >= 0.6 is 27.5 Å². The molecule has 0 spiro atoms. The molecule has 0 aromatic heterocycles. The van der Waals surface area contributed by atoms with E-state index in [1.807, 2.05) is 0 Å². The second kappa shape index (κ2) is 6.40. The average molecular weight is 452 g/mol. The van der Waals surface area contributed by atoms with E-state index >= 15 is 0 Å². The predicted octanol–water partition coefficient (Wildman–Crippen LogP) is 3.69.